The van der Waals surface area contributed by atoms with Gasteiger partial charge < -0.3 is 5.32 Å². The first-order valence-electron chi connectivity index (χ1n) is 8.82. The first-order valence-corrected chi connectivity index (χ1v) is 11.0. The van der Waals surface area contributed by atoms with Crippen LogP contribution in [0.1, 0.15) is 17.5 Å². The molecule has 9 heteroatoms. The number of amides is 1. The van der Waals surface area contributed by atoms with Gasteiger partial charge in [0, 0.05) is 24.1 Å². The highest BCUT2D eigenvalue weighted by molar-refractivity contribution is 9.10. The number of carbonyl (C=O) groups excluding carboxylic acids is 1. The van der Waals surface area contributed by atoms with Crippen molar-refractivity contribution in [3.63, 3.8) is 0 Å². The van der Waals surface area contributed by atoms with E-state index in [4.69, 9.17) is 0 Å². The minimum absolute atomic E-state index is 0.0133. The van der Waals surface area contributed by atoms with Gasteiger partial charge >= 0.3 is 0 Å². The Labute approximate surface area is 172 Å². The highest BCUT2D eigenvalue weighted by Crippen LogP contribution is 2.22. The second-order valence-electron chi connectivity index (χ2n) is 6.63. The second kappa shape index (κ2) is 8.69. The van der Waals surface area contributed by atoms with Crippen molar-refractivity contribution < 1.29 is 17.6 Å². The van der Waals surface area contributed by atoms with E-state index in [1.54, 1.807) is 6.07 Å². The molecule has 1 saturated heterocycles. The zero-order chi connectivity index (χ0) is 20.3. The fraction of sp³-hybridized carbons (Fsp3) is 0.316. The van der Waals surface area contributed by atoms with Gasteiger partial charge in [0.15, 0.2) is 0 Å². The van der Waals surface area contributed by atoms with Crippen molar-refractivity contribution in [2.24, 2.45) is 0 Å². The Hall–Kier alpha value is -1.81. The van der Waals surface area contributed by atoms with Crippen LogP contribution in [0.2, 0.25) is 0 Å². The van der Waals surface area contributed by atoms with E-state index in [0.717, 1.165) is 15.4 Å². The van der Waals surface area contributed by atoms with Crippen molar-refractivity contribution in [3.05, 3.63) is 63.9 Å². The van der Waals surface area contributed by atoms with Crippen molar-refractivity contribution >= 4 is 37.7 Å². The lowest BCUT2D eigenvalue weighted by atomic mass is 10.1. The summed E-state index contributed by atoms with van der Waals surface area (Å²) in [6.07, 6.45) is 0.616. The van der Waals surface area contributed by atoms with Crippen molar-refractivity contribution in [1.29, 1.82) is 0 Å². The van der Waals surface area contributed by atoms with Gasteiger partial charge in [0.05, 0.1) is 12.2 Å². The zero-order valence-electron chi connectivity index (χ0n) is 15.4. The number of carbonyl (C=O) groups is 1. The summed E-state index contributed by atoms with van der Waals surface area (Å²) in [6, 6.07) is 11.9. The van der Waals surface area contributed by atoms with Crippen molar-refractivity contribution in [1.82, 2.24) is 8.61 Å². The van der Waals surface area contributed by atoms with E-state index in [-0.39, 0.29) is 25.3 Å². The van der Waals surface area contributed by atoms with E-state index in [1.807, 2.05) is 31.2 Å². The molecule has 1 heterocycles. The molecule has 0 unspecified atom stereocenters. The summed E-state index contributed by atoms with van der Waals surface area (Å²) in [4.78, 5) is 12.3. The molecule has 0 aliphatic carbocycles. The molecule has 28 heavy (non-hydrogen) atoms. The summed E-state index contributed by atoms with van der Waals surface area (Å²) >= 11 is 3.15. The molecule has 1 aliphatic heterocycles. The lowest BCUT2D eigenvalue weighted by Crippen LogP contribution is -2.51. The van der Waals surface area contributed by atoms with Gasteiger partial charge in [0.2, 0.25) is 5.91 Å². The maximum Gasteiger partial charge on any atom is 0.282 e. The SMILES string of the molecule is Cc1ccccc1CN1CCCN(CC(=O)Nc2ccc(Br)cc2F)S1(=O)=O. The molecule has 6 nitrogen and oxygen atoms in total. The first kappa shape index (κ1) is 20.9. The van der Waals surface area contributed by atoms with Gasteiger partial charge in [-0.1, -0.05) is 40.2 Å². The summed E-state index contributed by atoms with van der Waals surface area (Å²) in [5.74, 6) is -1.17. The maximum absolute atomic E-state index is 13.9. The maximum atomic E-state index is 13.9. The number of rotatable bonds is 5. The van der Waals surface area contributed by atoms with Crippen LogP contribution < -0.4 is 5.32 Å². The Morgan fingerprint density at radius 3 is 2.61 bits per heavy atom. The molecular weight excluding hydrogens is 449 g/mol. The molecule has 2 aromatic rings. The highest BCUT2D eigenvalue weighted by Gasteiger charge is 2.34. The van der Waals surface area contributed by atoms with Crippen molar-refractivity contribution in [2.75, 3.05) is 25.0 Å². The van der Waals surface area contributed by atoms with E-state index in [1.165, 1.54) is 16.4 Å². The minimum Gasteiger partial charge on any atom is -0.322 e. The van der Waals surface area contributed by atoms with Crippen LogP contribution in [0, 0.1) is 12.7 Å². The van der Waals surface area contributed by atoms with E-state index in [0.29, 0.717) is 17.4 Å². The minimum atomic E-state index is -3.78. The highest BCUT2D eigenvalue weighted by atomic mass is 79.9. The number of anilines is 1. The number of benzene rings is 2. The smallest absolute Gasteiger partial charge is 0.282 e. The van der Waals surface area contributed by atoms with Crippen molar-refractivity contribution in [2.45, 2.75) is 19.9 Å². The van der Waals surface area contributed by atoms with Crippen LogP contribution in [-0.2, 0) is 21.5 Å². The standard InChI is InChI=1S/C19H21BrFN3O3S/c1-14-5-2-3-6-15(14)12-23-9-4-10-24(28(23,26)27)13-19(25)22-18-8-7-16(20)11-17(18)21/h2-3,5-8,11H,4,9-10,12-13H2,1H3,(H,22,25). The number of hydrogen-bond donors (Lipinski definition) is 1. The molecule has 1 N–H and O–H groups in total. The molecule has 0 atom stereocenters. The molecule has 2 aromatic carbocycles. The number of halogens is 2. The van der Waals surface area contributed by atoms with Gasteiger partial charge in [-0.25, -0.2) is 4.39 Å². The van der Waals surface area contributed by atoms with Gasteiger partial charge in [-0.05, 0) is 42.7 Å². The molecule has 0 saturated carbocycles. The summed E-state index contributed by atoms with van der Waals surface area (Å²) in [5.41, 5.74) is 1.95. The third-order valence-electron chi connectivity index (χ3n) is 4.60. The number of nitrogens with one attached hydrogen (secondary N) is 1. The van der Waals surface area contributed by atoms with E-state index < -0.39 is 21.9 Å². The van der Waals surface area contributed by atoms with Crippen LogP contribution in [0.3, 0.4) is 0 Å². The predicted octanol–water partition coefficient (Wildman–Crippen LogP) is 3.29. The summed E-state index contributed by atoms with van der Waals surface area (Å²) < 4.78 is 42.8. The molecule has 150 valence electrons. The topological polar surface area (TPSA) is 69.7 Å². The molecule has 1 fully saturated rings. The third kappa shape index (κ3) is 4.78. The number of hydrogen-bond acceptors (Lipinski definition) is 3. The van der Waals surface area contributed by atoms with E-state index >= 15 is 0 Å². The number of nitrogens with zero attached hydrogens (tertiary/aromatic N) is 2. The van der Waals surface area contributed by atoms with Crippen LogP contribution in [-0.4, -0.2) is 42.6 Å². The third-order valence-corrected chi connectivity index (χ3v) is 7.02. The molecule has 0 radical (unpaired) electrons. The zero-order valence-corrected chi connectivity index (χ0v) is 17.8. The summed E-state index contributed by atoms with van der Waals surface area (Å²) in [5, 5.41) is 2.44. The van der Waals surface area contributed by atoms with Gasteiger partial charge in [-0.15, -0.1) is 0 Å². The van der Waals surface area contributed by atoms with Crippen LogP contribution in [0.15, 0.2) is 46.9 Å². The second-order valence-corrected chi connectivity index (χ2v) is 9.47. The lowest BCUT2D eigenvalue weighted by molar-refractivity contribution is -0.116. The van der Waals surface area contributed by atoms with Crippen molar-refractivity contribution in [3.8, 4) is 0 Å². The first-order chi connectivity index (χ1) is 13.3. The van der Waals surface area contributed by atoms with Gasteiger partial charge in [0.1, 0.15) is 5.82 Å². The Morgan fingerprint density at radius 2 is 1.89 bits per heavy atom. The van der Waals surface area contributed by atoms with Gasteiger partial charge in [-0.3, -0.25) is 4.79 Å². The van der Waals surface area contributed by atoms with E-state index in [9.17, 15) is 17.6 Å². The normalized spacial score (nSPS) is 17.4. The average molecular weight is 470 g/mol. The molecular formula is C19H21BrFN3O3S. The molecule has 0 bridgehead atoms. The van der Waals surface area contributed by atoms with Gasteiger partial charge in [0.25, 0.3) is 10.2 Å². The van der Waals surface area contributed by atoms with Gasteiger partial charge in [-0.2, -0.15) is 17.0 Å². The molecule has 0 spiro atoms. The largest absolute Gasteiger partial charge is 0.322 e. The fourth-order valence-electron chi connectivity index (χ4n) is 3.06. The van der Waals surface area contributed by atoms with Crippen LogP contribution >= 0.6 is 15.9 Å². The molecule has 3 rings (SSSR count). The Balaban J connectivity index is 1.69. The van der Waals surface area contributed by atoms with Crippen LogP contribution in [0.25, 0.3) is 0 Å². The van der Waals surface area contributed by atoms with E-state index in [2.05, 4.69) is 21.2 Å². The fourth-order valence-corrected chi connectivity index (χ4v) is 5.02. The quantitative estimate of drug-likeness (QED) is 0.730. The number of aryl methyl sites for hydroxylation is 1. The van der Waals surface area contributed by atoms with Crippen LogP contribution in [0.5, 0.6) is 0 Å². The summed E-state index contributed by atoms with van der Waals surface area (Å²) in [6.45, 7) is 2.49. The summed E-state index contributed by atoms with van der Waals surface area (Å²) in [7, 11) is -3.78. The average Bonchev–Trinajstić information content (AvgIpc) is 2.63. The predicted molar refractivity (Wildman–Crippen MR) is 109 cm³/mol. The lowest BCUT2D eigenvalue weighted by Gasteiger charge is -2.34. The Bertz CT molecular complexity index is 984. The molecule has 0 aromatic heterocycles. The molecule has 1 aliphatic rings. The monoisotopic (exact) mass is 469 g/mol. The molecule has 1 amide bonds. The Kier molecular flexibility index (Phi) is 6.49. The van der Waals surface area contributed by atoms with Crippen LogP contribution in [0.4, 0.5) is 10.1 Å². The Morgan fingerprint density at radius 1 is 1.18 bits per heavy atom.